The summed E-state index contributed by atoms with van der Waals surface area (Å²) in [7, 11) is 0. The van der Waals surface area contributed by atoms with E-state index in [1.165, 1.54) is 0 Å². The molecule has 0 bridgehead atoms. The average molecular weight is 242 g/mol. The van der Waals surface area contributed by atoms with Crippen LogP contribution in [0.4, 0.5) is 0 Å². The topological polar surface area (TPSA) is 56.7 Å². The normalized spacial score (nSPS) is 11.2. The van der Waals surface area contributed by atoms with E-state index in [9.17, 15) is 0 Å². The highest BCUT2D eigenvalue weighted by Gasteiger charge is 2.08. The summed E-state index contributed by atoms with van der Waals surface area (Å²) in [4.78, 5) is 8.69. The Hall–Kier alpha value is -2.17. The average Bonchev–Trinajstić information content (AvgIpc) is 2.99. The lowest BCUT2D eigenvalue weighted by Gasteiger charge is -1.98. The molecule has 0 aliphatic rings. The van der Waals surface area contributed by atoms with Crippen LogP contribution in [0.5, 0.6) is 0 Å². The zero-order valence-electron chi connectivity index (χ0n) is 10.2. The van der Waals surface area contributed by atoms with Gasteiger partial charge in [-0.2, -0.15) is 4.98 Å². The Kier molecular flexibility index (Phi) is 2.80. The molecule has 5 nitrogen and oxygen atoms in total. The van der Waals surface area contributed by atoms with Crippen molar-refractivity contribution in [1.82, 2.24) is 19.7 Å². The molecule has 5 heteroatoms. The SMILES string of the molecule is CCCc1noc(Cn2cnc3ccccc32)n1. The minimum absolute atomic E-state index is 0.567. The fourth-order valence-electron chi connectivity index (χ4n) is 1.96. The minimum Gasteiger partial charge on any atom is -0.337 e. The Morgan fingerprint density at radius 3 is 3.06 bits per heavy atom. The molecule has 18 heavy (non-hydrogen) atoms. The highest BCUT2D eigenvalue weighted by Crippen LogP contribution is 2.13. The monoisotopic (exact) mass is 242 g/mol. The molecule has 0 aliphatic carbocycles. The van der Waals surface area contributed by atoms with E-state index in [1.807, 2.05) is 28.8 Å². The van der Waals surface area contributed by atoms with Gasteiger partial charge in [0.05, 0.1) is 17.4 Å². The number of para-hydroxylation sites is 2. The van der Waals surface area contributed by atoms with Gasteiger partial charge in [-0.15, -0.1) is 0 Å². The molecule has 3 aromatic rings. The van der Waals surface area contributed by atoms with Crippen molar-refractivity contribution in [2.45, 2.75) is 26.3 Å². The molecule has 0 radical (unpaired) electrons. The lowest BCUT2D eigenvalue weighted by Crippen LogP contribution is -1.98. The second-order valence-electron chi connectivity index (χ2n) is 4.22. The number of aromatic nitrogens is 4. The summed E-state index contributed by atoms with van der Waals surface area (Å²) in [5, 5.41) is 3.95. The van der Waals surface area contributed by atoms with E-state index in [0.717, 1.165) is 29.7 Å². The van der Waals surface area contributed by atoms with Crippen LogP contribution in [-0.4, -0.2) is 19.7 Å². The summed E-state index contributed by atoms with van der Waals surface area (Å²) in [5.41, 5.74) is 2.05. The maximum absolute atomic E-state index is 5.23. The summed E-state index contributed by atoms with van der Waals surface area (Å²) in [5.74, 6) is 1.40. The van der Waals surface area contributed by atoms with Gasteiger partial charge >= 0.3 is 0 Å². The van der Waals surface area contributed by atoms with Crippen LogP contribution >= 0.6 is 0 Å². The molecule has 92 valence electrons. The molecule has 0 amide bonds. The van der Waals surface area contributed by atoms with Crippen molar-refractivity contribution in [2.75, 3.05) is 0 Å². The Bertz CT molecular complexity index is 656. The molecule has 0 spiro atoms. The first-order valence-electron chi connectivity index (χ1n) is 6.08. The third kappa shape index (κ3) is 1.99. The largest absolute Gasteiger partial charge is 0.337 e. The first-order chi connectivity index (χ1) is 8.86. The molecular formula is C13H14N4O. The molecule has 2 heterocycles. The lowest BCUT2D eigenvalue weighted by molar-refractivity contribution is 0.367. The van der Waals surface area contributed by atoms with Gasteiger partial charge in [-0.25, -0.2) is 4.98 Å². The van der Waals surface area contributed by atoms with Crippen LogP contribution in [0.15, 0.2) is 35.1 Å². The maximum Gasteiger partial charge on any atom is 0.246 e. The molecular weight excluding hydrogens is 228 g/mol. The second kappa shape index (κ2) is 4.60. The molecule has 0 fully saturated rings. The highest BCUT2D eigenvalue weighted by atomic mass is 16.5. The van der Waals surface area contributed by atoms with Crippen LogP contribution in [0.3, 0.4) is 0 Å². The molecule has 0 saturated heterocycles. The smallest absolute Gasteiger partial charge is 0.246 e. The summed E-state index contributed by atoms with van der Waals surface area (Å²) in [6.45, 7) is 2.66. The molecule has 0 saturated carbocycles. The number of hydrogen-bond acceptors (Lipinski definition) is 4. The van der Waals surface area contributed by atoms with Gasteiger partial charge in [-0.05, 0) is 18.6 Å². The molecule has 0 N–H and O–H groups in total. The van der Waals surface area contributed by atoms with Gasteiger partial charge in [0.15, 0.2) is 5.82 Å². The lowest BCUT2D eigenvalue weighted by atomic mass is 10.3. The van der Waals surface area contributed by atoms with Gasteiger partial charge in [-0.3, -0.25) is 0 Å². The molecule has 3 rings (SSSR count). The fourth-order valence-corrected chi connectivity index (χ4v) is 1.96. The minimum atomic E-state index is 0.567. The van der Waals surface area contributed by atoms with Crippen molar-refractivity contribution in [2.24, 2.45) is 0 Å². The molecule has 0 aliphatic heterocycles. The van der Waals surface area contributed by atoms with Crippen molar-refractivity contribution < 1.29 is 4.52 Å². The number of rotatable bonds is 4. The number of fused-ring (bicyclic) bond motifs is 1. The van der Waals surface area contributed by atoms with Crippen LogP contribution in [0.2, 0.25) is 0 Å². The number of aryl methyl sites for hydroxylation is 1. The zero-order valence-corrected chi connectivity index (χ0v) is 10.2. The second-order valence-corrected chi connectivity index (χ2v) is 4.22. The molecule has 1 aromatic carbocycles. The van der Waals surface area contributed by atoms with Crippen LogP contribution < -0.4 is 0 Å². The number of imidazole rings is 1. The zero-order chi connectivity index (χ0) is 12.4. The van der Waals surface area contributed by atoms with Gasteiger partial charge in [0.2, 0.25) is 5.89 Å². The fraction of sp³-hybridized carbons (Fsp3) is 0.308. The van der Waals surface area contributed by atoms with Crippen LogP contribution in [-0.2, 0) is 13.0 Å². The van der Waals surface area contributed by atoms with Crippen LogP contribution in [0.25, 0.3) is 11.0 Å². The summed E-state index contributed by atoms with van der Waals surface area (Å²) >= 11 is 0. The Morgan fingerprint density at radius 2 is 2.17 bits per heavy atom. The van der Waals surface area contributed by atoms with E-state index >= 15 is 0 Å². The van der Waals surface area contributed by atoms with Gasteiger partial charge in [0.1, 0.15) is 6.54 Å². The van der Waals surface area contributed by atoms with E-state index in [4.69, 9.17) is 4.52 Å². The summed E-state index contributed by atoms with van der Waals surface area (Å²) < 4.78 is 7.24. The van der Waals surface area contributed by atoms with Crippen molar-refractivity contribution in [3.63, 3.8) is 0 Å². The third-order valence-corrected chi connectivity index (χ3v) is 2.82. The maximum atomic E-state index is 5.23. The number of hydrogen-bond donors (Lipinski definition) is 0. The van der Waals surface area contributed by atoms with Crippen LogP contribution in [0.1, 0.15) is 25.1 Å². The van der Waals surface area contributed by atoms with Crippen molar-refractivity contribution in [1.29, 1.82) is 0 Å². The van der Waals surface area contributed by atoms with Crippen molar-refractivity contribution in [3.8, 4) is 0 Å². The summed E-state index contributed by atoms with van der Waals surface area (Å²) in [6.07, 6.45) is 3.68. The van der Waals surface area contributed by atoms with E-state index in [1.54, 1.807) is 6.33 Å². The van der Waals surface area contributed by atoms with Gasteiger partial charge in [0, 0.05) is 6.42 Å². The van der Waals surface area contributed by atoms with Crippen LogP contribution in [0, 0.1) is 0 Å². The number of nitrogens with zero attached hydrogens (tertiary/aromatic N) is 4. The van der Waals surface area contributed by atoms with E-state index < -0.39 is 0 Å². The quantitative estimate of drug-likeness (QED) is 0.705. The third-order valence-electron chi connectivity index (χ3n) is 2.82. The standard InChI is InChI=1S/C13H14N4O/c1-2-5-12-15-13(18-16-12)8-17-9-14-10-6-3-4-7-11(10)17/h3-4,6-7,9H,2,5,8H2,1H3. The predicted octanol–water partition coefficient (Wildman–Crippen LogP) is 2.42. The molecule has 0 atom stereocenters. The molecule has 2 aromatic heterocycles. The Morgan fingerprint density at radius 1 is 1.28 bits per heavy atom. The van der Waals surface area contributed by atoms with Crippen molar-refractivity contribution in [3.05, 3.63) is 42.3 Å². The first-order valence-corrected chi connectivity index (χ1v) is 6.08. The van der Waals surface area contributed by atoms with Crippen molar-refractivity contribution >= 4 is 11.0 Å². The van der Waals surface area contributed by atoms with E-state index in [2.05, 4.69) is 22.0 Å². The van der Waals surface area contributed by atoms with Gasteiger partial charge < -0.3 is 9.09 Å². The van der Waals surface area contributed by atoms with E-state index in [0.29, 0.717) is 12.4 Å². The first kappa shape index (κ1) is 11.0. The van der Waals surface area contributed by atoms with Gasteiger partial charge in [0.25, 0.3) is 0 Å². The van der Waals surface area contributed by atoms with Gasteiger partial charge in [-0.1, -0.05) is 24.2 Å². The summed E-state index contributed by atoms with van der Waals surface area (Å²) in [6, 6.07) is 8.00. The highest BCUT2D eigenvalue weighted by molar-refractivity contribution is 5.74. The number of benzene rings is 1. The molecule has 0 unspecified atom stereocenters. The Labute approximate surface area is 104 Å². The Balaban J connectivity index is 1.87. The van der Waals surface area contributed by atoms with E-state index in [-0.39, 0.29) is 0 Å². The predicted molar refractivity (Wildman–Crippen MR) is 67.1 cm³/mol.